The van der Waals surface area contributed by atoms with Crippen LogP contribution in [0.25, 0.3) is 0 Å². The maximum atomic E-state index is 12.7. The van der Waals surface area contributed by atoms with Gasteiger partial charge in [0.05, 0.1) is 5.92 Å². The van der Waals surface area contributed by atoms with Gasteiger partial charge in [0.15, 0.2) is 5.83 Å². The number of rotatable bonds is 10. The van der Waals surface area contributed by atoms with Crippen LogP contribution in [0.1, 0.15) is 96.8 Å². The van der Waals surface area contributed by atoms with E-state index in [-0.39, 0.29) is 18.0 Å². The highest BCUT2D eigenvalue weighted by atomic mass is 19.1. The van der Waals surface area contributed by atoms with Gasteiger partial charge in [0, 0.05) is 0 Å². The number of allylic oxidation sites excluding steroid dienone is 4. The molecule has 0 aromatic rings. The van der Waals surface area contributed by atoms with Crippen molar-refractivity contribution in [2.75, 3.05) is 0 Å². The molecule has 0 N–H and O–H groups in total. The van der Waals surface area contributed by atoms with Crippen molar-refractivity contribution in [2.45, 2.75) is 103 Å². The molecule has 0 heterocycles. The minimum atomic E-state index is -0.756. The van der Waals surface area contributed by atoms with Gasteiger partial charge < -0.3 is 4.74 Å². The highest BCUT2D eigenvalue weighted by molar-refractivity contribution is 5.72. The van der Waals surface area contributed by atoms with Crippen LogP contribution in [0.4, 0.5) is 4.39 Å². The largest absolute Gasteiger partial charge is 0.462 e. The molecule has 2 rings (SSSR count). The van der Waals surface area contributed by atoms with E-state index in [1.54, 1.807) is 6.08 Å². The first-order valence-electron chi connectivity index (χ1n) is 11.7. The summed E-state index contributed by atoms with van der Waals surface area (Å²) in [7, 11) is 0. The topological polar surface area (TPSA) is 50.1 Å². The maximum Gasteiger partial charge on any atom is 0.309 e. The van der Waals surface area contributed by atoms with Gasteiger partial charge >= 0.3 is 5.97 Å². The summed E-state index contributed by atoms with van der Waals surface area (Å²) in [6.45, 7) is 2.25. The first-order chi connectivity index (χ1) is 14.1. The molecule has 2 fully saturated rings. The third-order valence-electron chi connectivity index (χ3n) is 6.70. The molecule has 0 atom stereocenters. The third-order valence-corrected chi connectivity index (χ3v) is 6.70. The first-order valence-corrected chi connectivity index (χ1v) is 11.7. The van der Waals surface area contributed by atoms with E-state index in [0.29, 0.717) is 5.92 Å². The molecule has 0 unspecified atom stereocenters. The summed E-state index contributed by atoms with van der Waals surface area (Å²) >= 11 is 0. The molecular weight excluding hydrogens is 365 g/mol. The van der Waals surface area contributed by atoms with E-state index < -0.39 is 5.83 Å². The lowest BCUT2D eigenvalue weighted by Crippen LogP contribution is -2.30. The Labute approximate surface area is 176 Å². The first kappa shape index (κ1) is 23.6. The molecule has 0 saturated heterocycles. The van der Waals surface area contributed by atoms with Crippen LogP contribution >= 0.6 is 0 Å². The normalized spacial score (nSPS) is 28.2. The Morgan fingerprint density at radius 2 is 1.69 bits per heavy atom. The molecule has 0 aliphatic heterocycles. The van der Waals surface area contributed by atoms with Crippen LogP contribution < -0.4 is 0 Å². The Kier molecular flexibility index (Phi) is 11.1. The lowest BCUT2D eigenvalue weighted by Gasteiger charge is -2.31. The maximum absolute atomic E-state index is 12.7. The Balaban J connectivity index is 1.58. The van der Waals surface area contributed by atoms with E-state index in [1.165, 1.54) is 50.7 Å². The minimum absolute atomic E-state index is 0.0506. The van der Waals surface area contributed by atoms with Gasteiger partial charge in [0.2, 0.25) is 0 Å². The molecule has 2 aliphatic carbocycles. The summed E-state index contributed by atoms with van der Waals surface area (Å²) in [6.07, 6.45) is 20.6. The summed E-state index contributed by atoms with van der Waals surface area (Å²) in [6, 6.07) is 1.46. The standard InChI is InChI=1S/C25H38FNO2/c1-2-3-5-8-20-11-15-22(16-12-20)25(28)29-24-17-13-21(14-18-24)9-6-4-7-10-23(26)19-27/h4,7,10,20-22,24H,2-3,5-6,8-9,11-18H2,1H3/t20-,21-,22-,24-. The molecule has 2 saturated carbocycles. The summed E-state index contributed by atoms with van der Waals surface area (Å²) in [4.78, 5) is 12.5. The third kappa shape index (κ3) is 9.15. The van der Waals surface area contributed by atoms with E-state index in [2.05, 4.69) is 6.92 Å². The summed E-state index contributed by atoms with van der Waals surface area (Å²) < 4.78 is 18.5. The van der Waals surface area contributed by atoms with E-state index in [4.69, 9.17) is 10.00 Å². The number of carbonyl (C=O) groups is 1. The van der Waals surface area contributed by atoms with Crippen LogP contribution in [-0.4, -0.2) is 12.1 Å². The van der Waals surface area contributed by atoms with E-state index >= 15 is 0 Å². The summed E-state index contributed by atoms with van der Waals surface area (Å²) in [5.41, 5.74) is 0. The van der Waals surface area contributed by atoms with Crippen LogP contribution in [0.2, 0.25) is 0 Å². The zero-order chi connectivity index (χ0) is 20.9. The van der Waals surface area contributed by atoms with Crippen LogP contribution in [0, 0.1) is 29.1 Å². The van der Waals surface area contributed by atoms with Crippen molar-refractivity contribution in [1.29, 1.82) is 5.26 Å². The Morgan fingerprint density at radius 3 is 2.34 bits per heavy atom. The van der Waals surface area contributed by atoms with Gasteiger partial charge in [-0.1, -0.05) is 44.8 Å². The second-order valence-corrected chi connectivity index (χ2v) is 8.92. The average molecular weight is 404 g/mol. The molecule has 0 amide bonds. The molecule has 0 radical (unpaired) electrons. The molecule has 0 aromatic heterocycles. The Bertz CT molecular complexity index is 576. The Morgan fingerprint density at radius 1 is 1.03 bits per heavy atom. The molecule has 29 heavy (non-hydrogen) atoms. The van der Waals surface area contributed by atoms with Crippen molar-refractivity contribution in [3.63, 3.8) is 0 Å². The van der Waals surface area contributed by atoms with Crippen molar-refractivity contribution in [2.24, 2.45) is 17.8 Å². The number of halogens is 1. The molecular formula is C25H38FNO2. The fourth-order valence-electron chi connectivity index (χ4n) is 4.79. The van der Waals surface area contributed by atoms with Crippen molar-refractivity contribution in [3.8, 4) is 6.07 Å². The van der Waals surface area contributed by atoms with Gasteiger partial charge in [-0.15, -0.1) is 0 Å². The molecule has 4 heteroatoms. The van der Waals surface area contributed by atoms with Gasteiger partial charge in [0.25, 0.3) is 0 Å². The average Bonchev–Trinajstić information content (AvgIpc) is 2.75. The highest BCUT2D eigenvalue weighted by Gasteiger charge is 2.30. The van der Waals surface area contributed by atoms with Crippen LogP contribution in [0.5, 0.6) is 0 Å². The fourth-order valence-corrected chi connectivity index (χ4v) is 4.79. The van der Waals surface area contributed by atoms with Gasteiger partial charge in [0.1, 0.15) is 12.2 Å². The van der Waals surface area contributed by atoms with E-state index in [0.717, 1.165) is 57.3 Å². The van der Waals surface area contributed by atoms with Gasteiger partial charge in [-0.25, -0.2) is 0 Å². The SMILES string of the molecule is CCCCC[C@H]1CC[C@H](C(=O)O[C@H]2CC[C@H](CCC=CC=C(F)C#N)CC2)CC1. The second-order valence-electron chi connectivity index (χ2n) is 8.92. The monoisotopic (exact) mass is 403 g/mol. The van der Waals surface area contributed by atoms with Crippen molar-refractivity contribution in [3.05, 3.63) is 24.1 Å². The highest BCUT2D eigenvalue weighted by Crippen LogP contribution is 2.34. The molecule has 162 valence electrons. The number of hydrogen-bond donors (Lipinski definition) is 0. The predicted octanol–water partition coefficient (Wildman–Crippen LogP) is 7.19. The van der Waals surface area contributed by atoms with Crippen LogP contribution in [-0.2, 0) is 9.53 Å². The number of nitriles is 1. The van der Waals surface area contributed by atoms with Crippen molar-refractivity contribution >= 4 is 5.97 Å². The quantitative estimate of drug-likeness (QED) is 0.168. The molecule has 0 bridgehead atoms. The smallest absolute Gasteiger partial charge is 0.309 e. The lowest BCUT2D eigenvalue weighted by atomic mass is 9.79. The molecule has 0 aromatic carbocycles. The summed E-state index contributed by atoms with van der Waals surface area (Å²) in [5.74, 6) is 0.894. The molecule has 0 spiro atoms. The number of unbranched alkanes of at least 4 members (excludes halogenated alkanes) is 2. The van der Waals surface area contributed by atoms with Crippen LogP contribution in [0.15, 0.2) is 24.1 Å². The lowest BCUT2D eigenvalue weighted by molar-refractivity contribution is -0.157. The summed E-state index contributed by atoms with van der Waals surface area (Å²) in [5, 5.41) is 8.35. The van der Waals surface area contributed by atoms with Crippen LogP contribution in [0.3, 0.4) is 0 Å². The predicted molar refractivity (Wildman–Crippen MR) is 115 cm³/mol. The zero-order valence-electron chi connectivity index (χ0n) is 18.1. The second kappa shape index (κ2) is 13.6. The molecule has 3 nitrogen and oxygen atoms in total. The van der Waals surface area contributed by atoms with Crippen molar-refractivity contribution in [1.82, 2.24) is 0 Å². The number of hydrogen-bond acceptors (Lipinski definition) is 3. The van der Waals surface area contributed by atoms with Gasteiger partial charge in [-0.05, 0) is 82.1 Å². The van der Waals surface area contributed by atoms with Gasteiger partial charge in [-0.3, -0.25) is 4.79 Å². The fraction of sp³-hybridized carbons (Fsp3) is 0.760. The molecule has 2 aliphatic rings. The minimum Gasteiger partial charge on any atom is -0.462 e. The Hall–Kier alpha value is -1.63. The zero-order valence-corrected chi connectivity index (χ0v) is 18.1. The van der Waals surface area contributed by atoms with Gasteiger partial charge in [-0.2, -0.15) is 9.65 Å². The van der Waals surface area contributed by atoms with E-state index in [1.807, 2.05) is 6.08 Å². The number of carbonyl (C=O) groups excluding carboxylic acids is 1. The number of ether oxygens (including phenoxy) is 1. The van der Waals surface area contributed by atoms with Crippen molar-refractivity contribution < 1.29 is 13.9 Å². The number of nitrogens with zero attached hydrogens (tertiary/aromatic N) is 1. The number of esters is 1. The van der Waals surface area contributed by atoms with E-state index in [9.17, 15) is 9.18 Å².